The van der Waals surface area contributed by atoms with Crippen molar-refractivity contribution in [2.45, 2.75) is 45.6 Å². The zero-order chi connectivity index (χ0) is 10.1. The molecule has 0 aromatic carbocycles. The van der Waals surface area contributed by atoms with E-state index in [1.54, 1.807) is 0 Å². The Morgan fingerprint density at radius 3 is 2.46 bits per heavy atom. The fraction of sp³-hybridized carbons (Fsp3) is 1.00. The van der Waals surface area contributed by atoms with Gasteiger partial charge in [-0.1, -0.05) is 26.7 Å². The summed E-state index contributed by atoms with van der Waals surface area (Å²) < 4.78 is 11.5. The number of nitrogens with one attached hydrogen (secondary N) is 1. The Kier molecular flexibility index (Phi) is 8.77. The molecule has 0 aliphatic carbocycles. The van der Waals surface area contributed by atoms with E-state index in [1.165, 1.54) is 0 Å². The Labute approximate surface area is 84.9 Å². The molecule has 0 amide bonds. The van der Waals surface area contributed by atoms with Gasteiger partial charge in [0.05, 0.1) is 0 Å². The number of unbranched alkanes of at least 4 members (excludes halogenated alkanes) is 1. The highest BCUT2D eigenvalue weighted by Crippen LogP contribution is 2.00. The van der Waals surface area contributed by atoms with Crippen LogP contribution in [0.25, 0.3) is 0 Å². The van der Waals surface area contributed by atoms with Crippen LogP contribution in [0.4, 0.5) is 0 Å². The number of rotatable bonds is 8. The Morgan fingerprint density at radius 1 is 1.31 bits per heavy atom. The molecule has 0 fully saturated rings. The lowest BCUT2D eigenvalue weighted by atomic mass is 10.2. The summed E-state index contributed by atoms with van der Waals surface area (Å²) in [5.74, 6) is 1.70. The van der Waals surface area contributed by atoms with Crippen LogP contribution in [0.15, 0.2) is 0 Å². The second-order valence-electron chi connectivity index (χ2n) is 3.44. The van der Waals surface area contributed by atoms with Gasteiger partial charge in [0.15, 0.2) is 0 Å². The molecule has 0 spiro atoms. The molecule has 0 aliphatic heterocycles. The Balaban J connectivity index is 3.60. The zero-order valence-corrected chi connectivity index (χ0v) is 9.95. The maximum atomic E-state index is 11.5. The third kappa shape index (κ3) is 7.20. The minimum atomic E-state index is -0.614. The van der Waals surface area contributed by atoms with Crippen molar-refractivity contribution in [1.82, 2.24) is 5.32 Å². The molecule has 0 saturated carbocycles. The van der Waals surface area contributed by atoms with Gasteiger partial charge < -0.3 is 5.32 Å². The minimum Gasteiger partial charge on any atom is -0.316 e. The van der Waals surface area contributed by atoms with E-state index in [4.69, 9.17) is 0 Å². The van der Waals surface area contributed by atoms with Gasteiger partial charge in [0.25, 0.3) is 0 Å². The third-order valence-corrected chi connectivity index (χ3v) is 3.68. The SMILES string of the molecule is CCCCS(=O)CC(CCC)NC. The van der Waals surface area contributed by atoms with Gasteiger partial charge in [0, 0.05) is 28.3 Å². The molecule has 2 unspecified atom stereocenters. The van der Waals surface area contributed by atoms with Crippen molar-refractivity contribution >= 4 is 10.8 Å². The van der Waals surface area contributed by atoms with Crippen LogP contribution in [0.1, 0.15) is 39.5 Å². The summed E-state index contributed by atoms with van der Waals surface area (Å²) in [5.41, 5.74) is 0. The van der Waals surface area contributed by atoms with Crippen LogP contribution in [-0.4, -0.2) is 28.8 Å². The average Bonchev–Trinajstić information content (AvgIpc) is 2.14. The molecular weight excluding hydrogens is 182 g/mol. The fourth-order valence-corrected chi connectivity index (χ4v) is 2.83. The molecule has 0 heterocycles. The standard InChI is InChI=1S/C10H23NOS/c1-4-6-8-13(12)9-10(11-3)7-5-2/h10-11H,4-9H2,1-3H3. The van der Waals surface area contributed by atoms with Gasteiger partial charge >= 0.3 is 0 Å². The summed E-state index contributed by atoms with van der Waals surface area (Å²) in [6.07, 6.45) is 4.53. The monoisotopic (exact) mass is 205 g/mol. The van der Waals surface area contributed by atoms with Crippen LogP contribution in [0.5, 0.6) is 0 Å². The zero-order valence-electron chi connectivity index (χ0n) is 9.14. The molecule has 0 radical (unpaired) electrons. The van der Waals surface area contributed by atoms with Crippen LogP contribution in [0.3, 0.4) is 0 Å². The van der Waals surface area contributed by atoms with Gasteiger partial charge in [0.1, 0.15) is 0 Å². The summed E-state index contributed by atoms with van der Waals surface area (Å²) >= 11 is 0. The highest BCUT2D eigenvalue weighted by atomic mass is 32.2. The van der Waals surface area contributed by atoms with E-state index in [1.807, 2.05) is 7.05 Å². The summed E-state index contributed by atoms with van der Waals surface area (Å²) in [4.78, 5) is 0. The van der Waals surface area contributed by atoms with Crippen molar-refractivity contribution in [2.24, 2.45) is 0 Å². The Hall–Kier alpha value is 0.110. The average molecular weight is 205 g/mol. The Morgan fingerprint density at radius 2 is 2.00 bits per heavy atom. The van der Waals surface area contributed by atoms with Crippen LogP contribution in [0, 0.1) is 0 Å². The van der Waals surface area contributed by atoms with Gasteiger partial charge in [0.2, 0.25) is 0 Å². The Bertz CT molecular complexity index is 139. The smallest absolute Gasteiger partial charge is 0.0388 e. The van der Waals surface area contributed by atoms with Crippen molar-refractivity contribution in [3.63, 3.8) is 0 Å². The predicted molar refractivity (Wildman–Crippen MR) is 60.5 cm³/mol. The molecule has 0 aliphatic rings. The molecular formula is C10H23NOS. The molecule has 1 N–H and O–H groups in total. The van der Waals surface area contributed by atoms with Crippen molar-refractivity contribution in [3.8, 4) is 0 Å². The van der Waals surface area contributed by atoms with E-state index in [0.717, 1.165) is 37.2 Å². The highest BCUT2D eigenvalue weighted by Gasteiger charge is 2.08. The first-order valence-electron chi connectivity index (χ1n) is 5.26. The summed E-state index contributed by atoms with van der Waals surface area (Å²) in [6.45, 7) is 4.30. The first-order chi connectivity index (χ1) is 6.24. The third-order valence-electron chi connectivity index (χ3n) is 2.16. The normalized spacial score (nSPS) is 15.6. The van der Waals surface area contributed by atoms with Crippen molar-refractivity contribution in [3.05, 3.63) is 0 Å². The van der Waals surface area contributed by atoms with Crippen LogP contribution >= 0.6 is 0 Å². The topological polar surface area (TPSA) is 29.1 Å². The lowest BCUT2D eigenvalue weighted by Gasteiger charge is -2.14. The van der Waals surface area contributed by atoms with Crippen molar-refractivity contribution < 1.29 is 4.21 Å². The molecule has 0 bridgehead atoms. The highest BCUT2D eigenvalue weighted by molar-refractivity contribution is 7.85. The molecule has 0 aromatic heterocycles. The lowest BCUT2D eigenvalue weighted by Crippen LogP contribution is -2.31. The van der Waals surface area contributed by atoms with E-state index in [2.05, 4.69) is 19.2 Å². The molecule has 2 atom stereocenters. The molecule has 3 heteroatoms. The number of hydrogen-bond acceptors (Lipinski definition) is 2. The van der Waals surface area contributed by atoms with Crippen LogP contribution in [0.2, 0.25) is 0 Å². The molecule has 0 rings (SSSR count). The molecule has 13 heavy (non-hydrogen) atoms. The van der Waals surface area contributed by atoms with E-state index in [-0.39, 0.29) is 0 Å². The minimum absolute atomic E-state index is 0.447. The van der Waals surface area contributed by atoms with Gasteiger partial charge in [-0.25, -0.2) is 0 Å². The summed E-state index contributed by atoms with van der Waals surface area (Å²) in [5, 5.41) is 3.22. The fourth-order valence-electron chi connectivity index (χ4n) is 1.27. The predicted octanol–water partition coefficient (Wildman–Crippen LogP) is 1.92. The van der Waals surface area contributed by atoms with Gasteiger partial charge in [-0.2, -0.15) is 0 Å². The largest absolute Gasteiger partial charge is 0.316 e. The van der Waals surface area contributed by atoms with Crippen molar-refractivity contribution in [1.29, 1.82) is 0 Å². The number of hydrogen-bond donors (Lipinski definition) is 1. The molecule has 80 valence electrons. The van der Waals surface area contributed by atoms with E-state index in [0.29, 0.717) is 6.04 Å². The maximum absolute atomic E-state index is 11.5. The molecule has 0 saturated heterocycles. The first kappa shape index (κ1) is 13.1. The maximum Gasteiger partial charge on any atom is 0.0388 e. The van der Waals surface area contributed by atoms with Gasteiger partial charge in [-0.15, -0.1) is 0 Å². The van der Waals surface area contributed by atoms with Gasteiger partial charge in [-0.3, -0.25) is 4.21 Å². The van der Waals surface area contributed by atoms with Crippen LogP contribution in [-0.2, 0) is 10.8 Å². The summed E-state index contributed by atoms with van der Waals surface area (Å²) in [6, 6.07) is 0.447. The lowest BCUT2D eigenvalue weighted by molar-refractivity contribution is 0.556. The summed E-state index contributed by atoms with van der Waals surface area (Å²) in [7, 11) is 1.34. The first-order valence-corrected chi connectivity index (χ1v) is 6.75. The van der Waals surface area contributed by atoms with Crippen LogP contribution < -0.4 is 5.32 Å². The van der Waals surface area contributed by atoms with E-state index < -0.39 is 10.8 Å². The second-order valence-corrected chi connectivity index (χ2v) is 5.06. The van der Waals surface area contributed by atoms with E-state index >= 15 is 0 Å². The quantitative estimate of drug-likeness (QED) is 0.656. The second kappa shape index (κ2) is 8.70. The van der Waals surface area contributed by atoms with Gasteiger partial charge in [-0.05, 0) is 19.9 Å². The molecule has 0 aromatic rings. The van der Waals surface area contributed by atoms with E-state index in [9.17, 15) is 4.21 Å². The molecule has 2 nitrogen and oxygen atoms in total. The van der Waals surface area contributed by atoms with Crippen molar-refractivity contribution in [2.75, 3.05) is 18.6 Å².